The van der Waals surface area contributed by atoms with E-state index >= 15 is 0 Å². The molecular weight excluding hydrogens is 256 g/mol. The molecule has 0 aliphatic heterocycles. The highest BCUT2D eigenvalue weighted by molar-refractivity contribution is 7.89. The summed E-state index contributed by atoms with van der Waals surface area (Å²) in [6.45, 7) is 1.53. The van der Waals surface area contributed by atoms with E-state index in [2.05, 4.69) is 4.72 Å². The summed E-state index contributed by atoms with van der Waals surface area (Å²) in [6.07, 6.45) is 0.501. The van der Waals surface area contributed by atoms with Crippen molar-refractivity contribution >= 4 is 15.7 Å². The Kier molecular flexibility index (Phi) is 4.94. The van der Waals surface area contributed by atoms with Gasteiger partial charge in [-0.2, -0.15) is 0 Å². The molecule has 0 aromatic heterocycles. The summed E-state index contributed by atoms with van der Waals surface area (Å²) < 4.78 is 31.3. The van der Waals surface area contributed by atoms with Gasteiger partial charge in [0, 0.05) is 6.04 Å². The van der Waals surface area contributed by atoms with Crippen LogP contribution in [0.15, 0.2) is 23.1 Å². The Bertz CT molecular complexity index is 498. The number of nitrogens with one attached hydrogen (secondary N) is 1. The number of hydrogen-bond acceptors (Lipinski definition) is 5. The molecule has 4 N–H and O–H groups in total. The molecule has 1 aromatic rings. The highest BCUT2D eigenvalue weighted by atomic mass is 32.2. The van der Waals surface area contributed by atoms with Gasteiger partial charge < -0.3 is 15.6 Å². The fourth-order valence-corrected chi connectivity index (χ4v) is 2.76. The van der Waals surface area contributed by atoms with Gasteiger partial charge in [-0.1, -0.05) is 6.92 Å². The Morgan fingerprint density at radius 3 is 2.61 bits per heavy atom. The van der Waals surface area contributed by atoms with Crippen molar-refractivity contribution in [3.63, 3.8) is 0 Å². The van der Waals surface area contributed by atoms with Gasteiger partial charge in [-0.25, -0.2) is 13.1 Å². The summed E-state index contributed by atoms with van der Waals surface area (Å²) in [7, 11) is -2.22. The number of nitrogens with two attached hydrogens (primary N) is 1. The van der Waals surface area contributed by atoms with Crippen LogP contribution in [0.3, 0.4) is 0 Å². The van der Waals surface area contributed by atoms with Crippen molar-refractivity contribution in [1.29, 1.82) is 0 Å². The molecule has 7 heteroatoms. The van der Waals surface area contributed by atoms with Crippen LogP contribution in [0.4, 0.5) is 5.69 Å². The third-order valence-electron chi connectivity index (χ3n) is 2.55. The van der Waals surface area contributed by atoms with Crippen molar-refractivity contribution in [1.82, 2.24) is 4.72 Å². The summed E-state index contributed by atoms with van der Waals surface area (Å²) >= 11 is 0. The zero-order valence-electron chi connectivity index (χ0n) is 10.4. The Balaban J connectivity index is 3.02. The fraction of sp³-hybridized carbons (Fsp3) is 0.455. The lowest BCUT2D eigenvalue weighted by Gasteiger charge is -2.15. The average Bonchev–Trinajstić information content (AvgIpc) is 2.35. The molecule has 0 saturated heterocycles. The standard InChI is InChI=1S/C11H18N2O4S/c1-3-8(7-14)13-18(15,16)9-4-5-11(17-2)10(12)6-9/h4-6,8,13-14H,3,7,12H2,1-2H3/t8-/m1/s1. The van der Waals surface area contributed by atoms with E-state index in [-0.39, 0.29) is 17.2 Å². The predicted molar refractivity (Wildman–Crippen MR) is 68.9 cm³/mol. The summed E-state index contributed by atoms with van der Waals surface area (Å²) in [6, 6.07) is 3.72. The lowest BCUT2D eigenvalue weighted by atomic mass is 10.3. The molecule has 0 aliphatic carbocycles. The van der Waals surface area contributed by atoms with Crippen LogP contribution in [0.1, 0.15) is 13.3 Å². The molecule has 1 atom stereocenters. The number of aliphatic hydroxyl groups excluding tert-OH is 1. The first-order valence-electron chi connectivity index (χ1n) is 5.51. The maximum Gasteiger partial charge on any atom is 0.240 e. The quantitative estimate of drug-likeness (QED) is 0.649. The van der Waals surface area contributed by atoms with Crippen LogP contribution >= 0.6 is 0 Å². The molecule has 0 heterocycles. The summed E-state index contributed by atoms with van der Waals surface area (Å²) in [4.78, 5) is 0.0488. The van der Waals surface area contributed by atoms with Crippen molar-refractivity contribution in [2.75, 3.05) is 19.5 Å². The SMILES string of the molecule is CC[C@H](CO)NS(=O)(=O)c1ccc(OC)c(N)c1. The topological polar surface area (TPSA) is 102 Å². The van der Waals surface area contributed by atoms with Gasteiger partial charge in [0.15, 0.2) is 0 Å². The number of sulfonamides is 1. The molecule has 0 radical (unpaired) electrons. The zero-order chi connectivity index (χ0) is 13.8. The molecule has 18 heavy (non-hydrogen) atoms. The second kappa shape index (κ2) is 6.03. The minimum Gasteiger partial charge on any atom is -0.495 e. The Morgan fingerprint density at radius 1 is 1.50 bits per heavy atom. The molecule has 0 saturated carbocycles. The van der Waals surface area contributed by atoms with Gasteiger partial charge >= 0.3 is 0 Å². The highest BCUT2D eigenvalue weighted by Gasteiger charge is 2.19. The van der Waals surface area contributed by atoms with Crippen molar-refractivity contribution < 1.29 is 18.3 Å². The van der Waals surface area contributed by atoms with Crippen LogP contribution in [0.2, 0.25) is 0 Å². The van der Waals surface area contributed by atoms with Gasteiger partial charge in [0.2, 0.25) is 10.0 Å². The molecule has 0 amide bonds. The lowest BCUT2D eigenvalue weighted by Crippen LogP contribution is -2.36. The normalized spacial score (nSPS) is 13.3. The van der Waals surface area contributed by atoms with Crippen LogP contribution in [0, 0.1) is 0 Å². The highest BCUT2D eigenvalue weighted by Crippen LogP contribution is 2.24. The van der Waals surface area contributed by atoms with E-state index in [1.54, 1.807) is 6.92 Å². The smallest absolute Gasteiger partial charge is 0.240 e. The van der Waals surface area contributed by atoms with Gasteiger partial charge in [0.05, 0.1) is 24.3 Å². The van der Waals surface area contributed by atoms with E-state index in [9.17, 15) is 8.42 Å². The van der Waals surface area contributed by atoms with Crippen molar-refractivity contribution in [3.05, 3.63) is 18.2 Å². The first-order valence-corrected chi connectivity index (χ1v) is 6.99. The second-order valence-electron chi connectivity index (χ2n) is 3.81. The van der Waals surface area contributed by atoms with Crippen molar-refractivity contribution in [2.24, 2.45) is 0 Å². The van der Waals surface area contributed by atoms with E-state index in [1.165, 1.54) is 25.3 Å². The maximum absolute atomic E-state index is 12.0. The zero-order valence-corrected chi connectivity index (χ0v) is 11.2. The Morgan fingerprint density at radius 2 is 2.17 bits per heavy atom. The van der Waals surface area contributed by atoms with E-state index in [1.807, 2.05) is 0 Å². The minimum atomic E-state index is -3.68. The van der Waals surface area contributed by atoms with Crippen molar-refractivity contribution in [3.8, 4) is 5.75 Å². The number of benzene rings is 1. The monoisotopic (exact) mass is 274 g/mol. The molecule has 0 aliphatic rings. The van der Waals surface area contributed by atoms with Crippen molar-refractivity contribution in [2.45, 2.75) is 24.3 Å². The molecule has 102 valence electrons. The third kappa shape index (κ3) is 3.34. The average molecular weight is 274 g/mol. The number of anilines is 1. The number of hydrogen-bond donors (Lipinski definition) is 3. The van der Waals surface area contributed by atoms with Crippen LogP contribution in [0.5, 0.6) is 5.75 Å². The van der Waals surface area contributed by atoms with E-state index in [0.717, 1.165) is 0 Å². The van der Waals surface area contributed by atoms with Gasteiger partial charge in [0.1, 0.15) is 5.75 Å². The van der Waals surface area contributed by atoms with Gasteiger partial charge in [0.25, 0.3) is 0 Å². The Labute approximate surface area is 107 Å². The van der Waals surface area contributed by atoms with Crippen LogP contribution in [-0.4, -0.2) is 33.3 Å². The van der Waals surface area contributed by atoms with E-state index in [0.29, 0.717) is 12.2 Å². The number of aliphatic hydroxyl groups is 1. The third-order valence-corrected chi connectivity index (χ3v) is 4.06. The molecular formula is C11H18N2O4S. The predicted octanol–water partition coefficient (Wildman–Crippen LogP) is 0.327. The number of methoxy groups -OCH3 is 1. The number of ether oxygens (including phenoxy) is 1. The van der Waals surface area contributed by atoms with Crippen LogP contribution in [-0.2, 0) is 10.0 Å². The minimum absolute atomic E-state index is 0.0488. The molecule has 0 fully saturated rings. The summed E-state index contributed by atoms with van der Waals surface area (Å²) in [5, 5.41) is 9.00. The first kappa shape index (κ1) is 14.7. The summed E-state index contributed by atoms with van der Waals surface area (Å²) in [5.74, 6) is 0.420. The molecule has 0 spiro atoms. The molecule has 1 rings (SSSR count). The fourth-order valence-electron chi connectivity index (χ4n) is 1.42. The summed E-state index contributed by atoms with van der Waals surface area (Å²) in [5.41, 5.74) is 5.91. The maximum atomic E-state index is 12.0. The number of nitrogen functional groups attached to an aromatic ring is 1. The molecule has 6 nitrogen and oxygen atoms in total. The lowest BCUT2D eigenvalue weighted by molar-refractivity contribution is 0.254. The van der Waals surface area contributed by atoms with Crippen LogP contribution in [0.25, 0.3) is 0 Å². The van der Waals surface area contributed by atoms with Gasteiger partial charge in [-0.15, -0.1) is 0 Å². The molecule has 0 unspecified atom stereocenters. The second-order valence-corrected chi connectivity index (χ2v) is 5.53. The van der Waals surface area contributed by atoms with E-state index < -0.39 is 16.1 Å². The van der Waals surface area contributed by atoms with Crippen LogP contribution < -0.4 is 15.2 Å². The van der Waals surface area contributed by atoms with E-state index in [4.69, 9.17) is 15.6 Å². The molecule has 1 aromatic carbocycles. The van der Waals surface area contributed by atoms with Gasteiger partial charge in [-0.05, 0) is 24.6 Å². The number of rotatable bonds is 6. The Hall–Kier alpha value is -1.31. The van der Waals surface area contributed by atoms with Gasteiger partial charge in [-0.3, -0.25) is 0 Å². The molecule has 0 bridgehead atoms. The largest absolute Gasteiger partial charge is 0.495 e. The first-order chi connectivity index (χ1) is 8.44.